The number of anilines is 1. The van der Waals surface area contributed by atoms with Crippen molar-refractivity contribution in [1.29, 1.82) is 0 Å². The number of rotatable bonds is 4. The highest BCUT2D eigenvalue weighted by Gasteiger charge is 2.13. The van der Waals surface area contributed by atoms with Crippen LogP contribution in [0.5, 0.6) is 0 Å². The van der Waals surface area contributed by atoms with Gasteiger partial charge in [-0.1, -0.05) is 34.1 Å². The zero-order valence-electron chi connectivity index (χ0n) is 11.0. The first-order chi connectivity index (χ1) is 7.83. The summed E-state index contributed by atoms with van der Waals surface area (Å²) in [6.07, 6.45) is 1.58. The molecule has 0 fully saturated rings. The van der Waals surface area contributed by atoms with Crippen molar-refractivity contribution in [3.8, 4) is 0 Å². The standard InChI is InChI=1S/C12H21N3OS/c1-5-6-8-10(13)14-9(15-11(8)16)7-17-12(2,3)4/h5-7H2,1-4H3,(H3,13,14,15,16). The normalized spacial score (nSPS) is 11.8. The van der Waals surface area contributed by atoms with E-state index < -0.39 is 0 Å². The molecule has 0 aliphatic carbocycles. The maximum Gasteiger partial charge on any atom is 0.256 e. The summed E-state index contributed by atoms with van der Waals surface area (Å²) in [5, 5.41) is 0. The number of hydrogen-bond donors (Lipinski definition) is 2. The minimum atomic E-state index is -0.0936. The second-order valence-corrected chi connectivity index (χ2v) is 6.83. The van der Waals surface area contributed by atoms with Gasteiger partial charge in [0.05, 0.1) is 11.3 Å². The Balaban J connectivity index is 2.87. The molecule has 1 rings (SSSR count). The molecule has 0 amide bonds. The minimum Gasteiger partial charge on any atom is -0.383 e. The van der Waals surface area contributed by atoms with Gasteiger partial charge in [0.2, 0.25) is 0 Å². The number of aromatic amines is 1. The van der Waals surface area contributed by atoms with Crippen LogP contribution in [-0.4, -0.2) is 14.7 Å². The average Bonchev–Trinajstić information content (AvgIpc) is 2.19. The maximum atomic E-state index is 11.8. The monoisotopic (exact) mass is 255 g/mol. The molecule has 0 bridgehead atoms. The minimum absolute atomic E-state index is 0.0936. The Hall–Kier alpha value is -0.970. The first kappa shape index (κ1) is 14.1. The summed E-state index contributed by atoms with van der Waals surface area (Å²) in [6.45, 7) is 8.40. The Kier molecular flexibility index (Phi) is 4.62. The Morgan fingerprint density at radius 3 is 2.53 bits per heavy atom. The summed E-state index contributed by atoms with van der Waals surface area (Å²) in [5.41, 5.74) is 6.32. The summed E-state index contributed by atoms with van der Waals surface area (Å²) < 4.78 is 0.148. The van der Waals surface area contributed by atoms with Crippen LogP contribution < -0.4 is 11.3 Å². The van der Waals surface area contributed by atoms with Gasteiger partial charge >= 0.3 is 0 Å². The van der Waals surface area contributed by atoms with Crippen molar-refractivity contribution in [2.75, 3.05) is 5.73 Å². The molecule has 4 nitrogen and oxygen atoms in total. The van der Waals surface area contributed by atoms with Gasteiger partial charge in [0, 0.05) is 4.75 Å². The van der Waals surface area contributed by atoms with Gasteiger partial charge in [0.15, 0.2) is 0 Å². The van der Waals surface area contributed by atoms with Crippen molar-refractivity contribution in [1.82, 2.24) is 9.97 Å². The second kappa shape index (κ2) is 5.58. The lowest BCUT2D eigenvalue weighted by Crippen LogP contribution is -2.20. The first-order valence-electron chi connectivity index (χ1n) is 5.85. The van der Waals surface area contributed by atoms with Crippen LogP contribution >= 0.6 is 11.8 Å². The Morgan fingerprint density at radius 2 is 2.06 bits per heavy atom. The highest BCUT2D eigenvalue weighted by atomic mass is 32.2. The van der Waals surface area contributed by atoms with Crippen LogP contribution in [0.3, 0.4) is 0 Å². The number of thioether (sulfide) groups is 1. The van der Waals surface area contributed by atoms with E-state index in [1.165, 1.54) is 0 Å². The summed E-state index contributed by atoms with van der Waals surface area (Å²) in [4.78, 5) is 18.9. The van der Waals surface area contributed by atoms with Crippen molar-refractivity contribution < 1.29 is 0 Å². The van der Waals surface area contributed by atoms with Crippen molar-refractivity contribution in [2.45, 2.75) is 51.0 Å². The molecule has 0 saturated carbocycles. The molecule has 96 valence electrons. The largest absolute Gasteiger partial charge is 0.383 e. The van der Waals surface area contributed by atoms with Crippen molar-refractivity contribution in [3.63, 3.8) is 0 Å². The van der Waals surface area contributed by atoms with E-state index in [2.05, 4.69) is 30.7 Å². The molecule has 1 heterocycles. The Labute approximate surface area is 106 Å². The Bertz CT molecular complexity index is 434. The zero-order valence-corrected chi connectivity index (χ0v) is 11.8. The molecule has 1 aromatic heterocycles. The topological polar surface area (TPSA) is 71.8 Å². The third-order valence-electron chi connectivity index (χ3n) is 2.24. The molecule has 0 atom stereocenters. The lowest BCUT2D eigenvalue weighted by molar-refractivity contribution is 0.798. The van der Waals surface area contributed by atoms with E-state index in [-0.39, 0.29) is 10.3 Å². The lowest BCUT2D eigenvalue weighted by atomic mass is 10.2. The molecule has 0 unspecified atom stereocenters. The van der Waals surface area contributed by atoms with Crippen LogP contribution in [0.15, 0.2) is 4.79 Å². The number of nitrogens with two attached hydrogens (primary N) is 1. The van der Waals surface area contributed by atoms with Crippen LogP contribution in [-0.2, 0) is 12.2 Å². The number of hydrogen-bond acceptors (Lipinski definition) is 4. The molecule has 0 saturated heterocycles. The molecule has 0 aliphatic heterocycles. The predicted octanol–water partition coefficient (Wildman–Crippen LogP) is 2.34. The number of nitrogens with one attached hydrogen (secondary N) is 1. The first-order valence-corrected chi connectivity index (χ1v) is 6.83. The van der Waals surface area contributed by atoms with Gasteiger partial charge in [-0.15, -0.1) is 11.8 Å². The fourth-order valence-corrected chi connectivity index (χ4v) is 2.11. The molecule has 0 spiro atoms. The van der Waals surface area contributed by atoms with E-state index >= 15 is 0 Å². The second-order valence-electron chi connectivity index (χ2n) is 5.03. The van der Waals surface area contributed by atoms with Gasteiger partial charge in [-0.2, -0.15) is 0 Å². The summed E-state index contributed by atoms with van der Waals surface area (Å²) in [7, 11) is 0. The van der Waals surface area contributed by atoms with Crippen LogP contribution in [0.25, 0.3) is 0 Å². The Morgan fingerprint density at radius 1 is 1.41 bits per heavy atom. The molecular weight excluding hydrogens is 234 g/mol. The smallest absolute Gasteiger partial charge is 0.256 e. The van der Waals surface area contributed by atoms with Gasteiger partial charge in [-0.3, -0.25) is 4.79 Å². The third-order valence-corrected chi connectivity index (χ3v) is 3.52. The van der Waals surface area contributed by atoms with E-state index in [9.17, 15) is 4.79 Å². The number of H-pyrrole nitrogens is 1. The highest BCUT2D eigenvalue weighted by molar-refractivity contribution is 7.99. The van der Waals surface area contributed by atoms with Gasteiger partial charge in [0.1, 0.15) is 11.6 Å². The van der Waals surface area contributed by atoms with Crippen LogP contribution in [0.4, 0.5) is 5.82 Å². The van der Waals surface area contributed by atoms with Gasteiger partial charge in [0.25, 0.3) is 5.56 Å². The summed E-state index contributed by atoms with van der Waals surface area (Å²) in [5.74, 6) is 1.71. The van der Waals surface area contributed by atoms with Gasteiger partial charge in [-0.05, 0) is 6.42 Å². The number of nitrogens with zero attached hydrogens (tertiary/aromatic N) is 1. The molecule has 0 aliphatic rings. The molecule has 3 N–H and O–H groups in total. The maximum absolute atomic E-state index is 11.8. The number of aromatic nitrogens is 2. The van der Waals surface area contributed by atoms with Crippen molar-refractivity contribution >= 4 is 17.6 Å². The SMILES string of the molecule is CCCc1c(N)nc(CSC(C)(C)C)[nH]c1=O. The number of nitrogen functional groups attached to an aromatic ring is 1. The fraction of sp³-hybridized carbons (Fsp3) is 0.667. The zero-order chi connectivity index (χ0) is 13.1. The van der Waals surface area contributed by atoms with Crippen molar-refractivity contribution in [2.24, 2.45) is 0 Å². The van der Waals surface area contributed by atoms with E-state index in [1.54, 1.807) is 11.8 Å². The van der Waals surface area contributed by atoms with Gasteiger partial charge < -0.3 is 10.7 Å². The van der Waals surface area contributed by atoms with E-state index in [1.807, 2.05) is 6.92 Å². The van der Waals surface area contributed by atoms with Gasteiger partial charge in [-0.25, -0.2) is 4.98 Å². The fourth-order valence-electron chi connectivity index (χ4n) is 1.41. The molecule has 0 radical (unpaired) electrons. The van der Waals surface area contributed by atoms with Crippen LogP contribution in [0, 0.1) is 0 Å². The lowest BCUT2D eigenvalue weighted by Gasteiger charge is -2.17. The highest BCUT2D eigenvalue weighted by Crippen LogP contribution is 2.25. The van der Waals surface area contributed by atoms with Crippen LogP contribution in [0.2, 0.25) is 0 Å². The summed E-state index contributed by atoms with van der Waals surface area (Å²) >= 11 is 1.74. The van der Waals surface area contributed by atoms with E-state index in [0.29, 0.717) is 29.4 Å². The molecule has 5 heteroatoms. The molecular formula is C12H21N3OS. The predicted molar refractivity (Wildman–Crippen MR) is 74.3 cm³/mol. The molecule has 17 heavy (non-hydrogen) atoms. The average molecular weight is 255 g/mol. The van der Waals surface area contributed by atoms with E-state index in [0.717, 1.165) is 6.42 Å². The molecule has 0 aromatic carbocycles. The van der Waals surface area contributed by atoms with Crippen molar-refractivity contribution in [3.05, 3.63) is 21.7 Å². The van der Waals surface area contributed by atoms with E-state index in [4.69, 9.17) is 5.73 Å². The van der Waals surface area contributed by atoms with Crippen LogP contribution in [0.1, 0.15) is 45.5 Å². The molecule has 1 aromatic rings. The third kappa shape index (κ3) is 4.42. The summed E-state index contributed by atoms with van der Waals surface area (Å²) in [6, 6.07) is 0. The quantitative estimate of drug-likeness (QED) is 0.866.